The third-order valence-electron chi connectivity index (χ3n) is 3.38. The zero-order chi connectivity index (χ0) is 15.0. The van der Waals surface area contributed by atoms with Crippen molar-refractivity contribution in [2.75, 3.05) is 0 Å². The molecule has 0 radical (unpaired) electrons. The van der Waals surface area contributed by atoms with Crippen molar-refractivity contribution in [1.29, 1.82) is 0 Å². The van der Waals surface area contributed by atoms with E-state index in [1.165, 1.54) is 6.26 Å². The Morgan fingerprint density at radius 3 is 2.71 bits per heavy atom. The lowest BCUT2D eigenvalue weighted by atomic mass is 10.0. The summed E-state index contributed by atoms with van der Waals surface area (Å²) in [6.45, 7) is 5.72. The molecule has 0 spiro atoms. The molecule has 21 heavy (non-hydrogen) atoms. The quantitative estimate of drug-likeness (QED) is 0.734. The molecule has 108 valence electrons. The zero-order valence-electron chi connectivity index (χ0n) is 12.3. The molecule has 0 bridgehead atoms. The summed E-state index contributed by atoms with van der Waals surface area (Å²) in [7, 11) is 0. The minimum Gasteiger partial charge on any atom is -0.490 e. The molecule has 4 heteroatoms. The van der Waals surface area contributed by atoms with Crippen molar-refractivity contribution in [3.63, 3.8) is 0 Å². The fourth-order valence-corrected chi connectivity index (χ4v) is 2.45. The van der Waals surface area contributed by atoms with Gasteiger partial charge in [0.2, 0.25) is 0 Å². The molecule has 2 aromatic heterocycles. The van der Waals surface area contributed by atoms with Gasteiger partial charge >= 0.3 is 0 Å². The van der Waals surface area contributed by atoms with Gasteiger partial charge in [-0.1, -0.05) is 6.07 Å². The van der Waals surface area contributed by atoms with Crippen LogP contribution < -0.4 is 4.74 Å². The predicted molar refractivity (Wildman–Crippen MR) is 80.9 cm³/mol. The average molecular weight is 283 g/mol. The van der Waals surface area contributed by atoms with E-state index < -0.39 is 0 Å². The number of fused-ring (bicyclic) bond motifs is 1. The number of furan rings is 1. The Morgan fingerprint density at radius 2 is 2.05 bits per heavy atom. The number of ketones is 1. The van der Waals surface area contributed by atoms with Crippen molar-refractivity contribution in [2.45, 2.75) is 26.9 Å². The number of nitrogens with one attached hydrogen (secondary N) is 1. The number of aromatic nitrogens is 1. The summed E-state index contributed by atoms with van der Waals surface area (Å²) in [6.07, 6.45) is 3.30. The van der Waals surface area contributed by atoms with Gasteiger partial charge in [-0.15, -0.1) is 0 Å². The molecule has 0 saturated heterocycles. The summed E-state index contributed by atoms with van der Waals surface area (Å²) in [6, 6.07) is 7.42. The van der Waals surface area contributed by atoms with Crippen LogP contribution in [-0.4, -0.2) is 16.9 Å². The molecule has 2 heterocycles. The highest BCUT2D eigenvalue weighted by molar-refractivity contribution is 6.18. The van der Waals surface area contributed by atoms with Gasteiger partial charge in [0.1, 0.15) is 11.5 Å². The van der Waals surface area contributed by atoms with Crippen molar-refractivity contribution < 1.29 is 13.9 Å². The smallest absolute Gasteiger partial charge is 0.198 e. The summed E-state index contributed by atoms with van der Waals surface area (Å²) in [4.78, 5) is 15.8. The molecule has 0 saturated carbocycles. The topological polar surface area (TPSA) is 55.2 Å². The van der Waals surface area contributed by atoms with Crippen molar-refractivity contribution in [3.05, 3.63) is 53.6 Å². The van der Waals surface area contributed by atoms with Gasteiger partial charge in [-0.25, -0.2) is 0 Å². The lowest BCUT2D eigenvalue weighted by molar-refractivity contribution is 0.103. The Morgan fingerprint density at radius 1 is 1.24 bits per heavy atom. The van der Waals surface area contributed by atoms with Crippen LogP contribution >= 0.6 is 0 Å². The molecule has 0 aliphatic rings. The van der Waals surface area contributed by atoms with E-state index in [1.54, 1.807) is 19.2 Å². The number of hydrogen-bond donors (Lipinski definition) is 1. The normalized spacial score (nSPS) is 11.2. The van der Waals surface area contributed by atoms with Crippen LogP contribution in [0.5, 0.6) is 5.75 Å². The van der Waals surface area contributed by atoms with E-state index in [-0.39, 0.29) is 11.9 Å². The van der Waals surface area contributed by atoms with E-state index in [4.69, 9.17) is 9.15 Å². The van der Waals surface area contributed by atoms with E-state index in [0.29, 0.717) is 22.6 Å². The summed E-state index contributed by atoms with van der Waals surface area (Å²) in [5.41, 5.74) is 2.07. The molecule has 0 aliphatic heterocycles. The van der Waals surface area contributed by atoms with Crippen molar-refractivity contribution >= 4 is 16.7 Å². The highest BCUT2D eigenvalue weighted by Gasteiger charge is 2.20. The van der Waals surface area contributed by atoms with E-state index in [2.05, 4.69) is 4.98 Å². The van der Waals surface area contributed by atoms with Gasteiger partial charge in [0.15, 0.2) is 5.78 Å². The van der Waals surface area contributed by atoms with Crippen molar-refractivity contribution in [2.24, 2.45) is 0 Å². The Balaban J connectivity index is 2.15. The number of carbonyl (C=O) groups excluding carboxylic acids is 1. The summed E-state index contributed by atoms with van der Waals surface area (Å²) in [5.74, 6) is 1.28. The first-order valence-corrected chi connectivity index (χ1v) is 6.93. The zero-order valence-corrected chi connectivity index (χ0v) is 12.3. The fraction of sp³-hybridized carbons (Fsp3) is 0.235. The first kappa shape index (κ1) is 13.5. The minimum atomic E-state index is -0.0627. The molecule has 0 aliphatic carbocycles. The standard InChI is InChI=1S/C17H17NO3/c1-10(2)21-15-6-4-5-14-16(15)13(9-18-14)17(19)12-7-8-20-11(12)3/h4-10,18H,1-3H3. The maximum atomic E-state index is 12.7. The lowest BCUT2D eigenvalue weighted by Gasteiger charge is -2.11. The van der Waals surface area contributed by atoms with Crippen LogP contribution in [0, 0.1) is 6.92 Å². The molecule has 0 atom stereocenters. The summed E-state index contributed by atoms with van der Waals surface area (Å²) < 4.78 is 11.1. The molecular weight excluding hydrogens is 266 g/mol. The summed E-state index contributed by atoms with van der Waals surface area (Å²) >= 11 is 0. The minimum absolute atomic E-state index is 0.0455. The highest BCUT2D eigenvalue weighted by atomic mass is 16.5. The van der Waals surface area contributed by atoms with Crippen molar-refractivity contribution in [1.82, 2.24) is 4.98 Å². The maximum Gasteiger partial charge on any atom is 0.198 e. The van der Waals surface area contributed by atoms with Crippen LogP contribution in [0.4, 0.5) is 0 Å². The monoisotopic (exact) mass is 283 g/mol. The van der Waals surface area contributed by atoms with Gasteiger partial charge in [0.05, 0.1) is 28.9 Å². The van der Waals surface area contributed by atoms with E-state index in [9.17, 15) is 4.79 Å². The van der Waals surface area contributed by atoms with E-state index in [0.717, 1.165) is 10.9 Å². The second-order valence-corrected chi connectivity index (χ2v) is 5.27. The van der Waals surface area contributed by atoms with Crippen LogP contribution in [0.25, 0.3) is 10.9 Å². The van der Waals surface area contributed by atoms with Gasteiger partial charge in [-0.05, 0) is 39.0 Å². The number of carbonyl (C=O) groups is 1. The van der Waals surface area contributed by atoms with Crippen LogP contribution in [-0.2, 0) is 0 Å². The number of aromatic amines is 1. The molecule has 0 fully saturated rings. The number of benzene rings is 1. The van der Waals surface area contributed by atoms with Gasteiger partial charge in [0, 0.05) is 11.7 Å². The predicted octanol–water partition coefficient (Wildman–Crippen LogP) is 4.09. The molecule has 0 amide bonds. The number of H-pyrrole nitrogens is 1. The number of aryl methyl sites for hydroxylation is 1. The Bertz CT molecular complexity index is 795. The highest BCUT2D eigenvalue weighted by Crippen LogP contribution is 2.31. The van der Waals surface area contributed by atoms with Crippen molar-refractivity contribution in [3.8, 4) is 5.75 Å². The fourth-order valence-electron chi connectivity index (χ4n) is 2.45. The molecule has 1 aromatic carbocycles. The SMILES string of the molecule is Cc1occc1C(=O)c1c[nH]c2cccc(OC(C)C)c12. The molecule has 4 nitrogen and oxygen atoms in total. The first-order valence-electron chi connectivity index (χ1n) is 6.93. The molecule has 3 rings (SSSR count). The summed E-state index contributed by atoms with van der Waals surface area (Å²) in [5, 5.41) is 0.816. The molecule has 0 unspecified atom stereocenters. The van der Waals surface area contributed by atoms with E-state index in [1.807, 2.05) is 32.0 Å². The number of hydrogen-bond acceptors (Lipinski definition) is 3. The van der Waals surface area contributed by atoms with Crippen LogP contribution in [0.3, 0.4) is 0 Å². The number of ether oxygens (including phenoxy) is 1. The average Bonchev–Trinajstić information content (AvgIpc) is 3.04. The Labute approximate surface area is 122 Å². The van der Waals surface area contributed by atoms with Gasteiger partial charge in [0.25, 0.3) is 0 Å². The second kappa shape index (κ2) is 5.13. The molecular formula is C17H17NO3. The van der Waals surface area contributed by atoms with Gasteiger partial charge in [-0.3, -0.25) is 4.79 Å². The van der Waals surface area contributed by atoms with Crippen LogP contribution in [0.1, 0.15) is 35.5 Å². The molecule has 3 aromatic rings. The lowest BCUT2D eigenvalue weighted by Crippen LogP contribution is -2.07. The number of rotatable bonds is 4. The second-order valence-electron chi connectivity index (χ2n) is 5.27. The first-order chi connectivity index (χ1) is 10.1. The van der Waals surface area contributed by atoms with Gasteiger partial charge in [-0.2, -0.15) is 0 Å². The maximum absolute atomic E-state index is 12.7. The third kappa shape index (κ3) is 2.33. The third-order valence-corrected chi connectivity index (χ3v) is 3.38. The van der Waals surface area contributed by atoms with Gasteiger partial charge < -0.3 is 14.1 Å². The molecule has 1 N–H and O–H groups in total. The van der Waals surface area contributed by atoms with E-state index >= 15 is 0 Å². The Hall–Kier alpha value is -2.49. The van der Waals surface area contributed by atoms with Crippen LogP contribution in [0.2, 0.25) is 0 Å². The largest absolute Gasteiger partial charge is 0.490 e. The Kier molecular flexibility index (Phi) is 3.29. The van der Waals surface area contributed by atoms with Crippen LogP contribution in [0.15, 0.2) is 41.1 Å².